The predicted molar refractivity (Wildman–Crippen MR) is 76.8 cm³/mol. The number of hydrogen-bond donors (Lipinski definition) is 0. The Morgan fingerprint density at radius 3 is 2.21 bits per heavy atom. The van der Waals surface area contributed by atoms with Crippen molar-refractivity contribution in [1.82, 2.24) is 4.90 Å². The van der Waals surface area contributed by atoms with Gasteiger partial charge in [0.1, 0.15) is 0 Å². The molecular formula is C17H21NO. The van der Waals surface area contributed by atoms with Gasteiger partial charge in [-0.15, -0.1) is 0 Å². The molecule has 1 aromatic carbocycles. The number of benzene rings is 1. The van der Waals surface area contributed by atoms with E-state index in [4.69, 9.17) is 0 Å². The van der Waals surface area contributed by atoms with E-state index in [2.05, 4.69) is 30.8 Å². The van der Waals surface area contributed by atoms with E-state index >= 15 is 0 Å². The number of hydrogen-bond acceptors (Lipinski definition) is 1. The number of piperidine rings is 1. The molecule has 1 amide bonds. The van der Waals surface area contributed by atoms with Crippen LogP contribution in [0.4, 0.5) is 0 Å². The predicted octanol–water partition coefficient (Wildman–Crippen LogP) is 2.83. The molecule has 0 bridgehead atoms. The first kappa shape index (κ1) is 12.5. The molecule has 1 heterocycles. The molecule has 1 aliphatic carbocycles. The molecule has 0 radical (unpaired) electrons. The summed E-state index contributed by atoms with van der Waals surface area (Å²) >= 11 is 0. The molecule has 0 atom stereocenters. The van der Waals surface area contributed by atoms with Crippen LogP contribution in [0.25, 0.3) is 0 Å². The minimum atomic E-state index is 0.607. The Hall–Kier alpha value is -1.57. The maximum Gasteiger partial charge on any atom is 0.209 e. The lowest BCUT2D eigenvalue weighted by atomic mass is 9.82. The van der Waals surface area contributed by atoms with Gasteiger partial charge in [-0.3, -0.25) is 4.79 Å². The zero-order valence-corrected chi connectivity index (χ0v) is 11.3. The second-order valence-electron chi connectivity index (χ2n) is 5.86. The van der Waals surface area contributed by atoms with Gasteiger partial charge in [0.2, 0.25) is 6.41 Å². The van der Waals surface area contributed by atoms with Crippen LogP contribution in [-0.4, -0.2) is 24.4 Å². The average Bonchev–Trinajstić information content (AvgIpc) is 2.90. The van der Waals surface area contributed by atoms with E-state index in [1.807, 2.05) is 4.90 Å². The second-order valence-corrected chi connectivity index (χ2v) is 5.86. The van der Waals surface area contributed by atoms with Crippen LogP contribution in [0.1, 0.15) is 24.0 Å². The van der Waals surface area contributed by atoms with Crippen LogP contribution in [0.2, 0.25) is 0 Å². The standard InChI is InChI=1S/C17H21NO/c1-13(14-6-8-18(12-19)9-7-14)17-10-15-4-2-3-5-16(15)11-17/h2-5,12,14,17H,1,6-11H2. The van der Waals surface area contributed by atoms with Crippen LogP contribution in [0.3, 0.4) is 0 Å². The fourth-order valence-electron chi connectivity index (χ4n) is 3.53. The molecule has 0 spiro atoms. The maximum absolute atomic E-state index is 10.7. The highest BCUT2D eigenvalue weighted by Crippen LogP contribution is 2.36. The van der Waals surface area contributed by atoms with Crippen LogP contribution in [0, 0.1) is 11.8 Å². The molecule has 3 rings (SSSR count). The first-order valence-corrected chi connectivity index (χ1v) is 7.22. The molecule has 0 saturated carbocycles. The Kier molecular flexibility index (Phi) is 3.41. The summed E-state index contributed by atoms with van der Waals surface area (Å²) in [5.74, 6) is 1.22. The van der Waals surface area contributed by atoms with Crippen molar-refractivity contribution in [3.63, 3.8) is 0 Å². The Bertz CT molecular complexity index is 461. The van der Waals surface area contributed by atoms with Crippen LogP contribution in [-0.2, 0) is 17.6 Å². The van der Waals surface area contributed by atoms with E-state index in [9.17, 15) is 4.79 Å². The number of nitrogens with zero attached hydrogens (tertiary/aromatic N) is 1. The number of fused-ring (bicyclic) bond motifs is 1. The molecule has 1 fully saturated rings. The van der Waals surface area contributed by atoms with Gasteiger partial charge < -0.3 is 4.90 Å². The lowest BCUT2D eigenvalue weighted by Gasteiger charge is -2.32. The summed E-state index contributed by atoms with van der Waals surface area (Å²) in [7, 11) is 0. The first-order valence-electron chi connectivity index (χ1n) is 7.22. The number of carbonyl (C=O) groups is 1. The van der Waals surface area contributed by atoms with Gasteiger partial charge in [-0.1, -0.05) is 36.4 Å². The van der Waals surface area contributed by atoms with Crippen molar-refractivity contribution >= 4 is 6.41 Å². The van der Waals surface area contributed by atoms with E-state index in [-0.39, 0.29) is 0 Å². The lowest BCUT2D eigenvalue weighted by molar-refractivity contribution is -0.119. The van der Waals surface area contributed by atoms with E-state index in [1.54, 1.807) is 0 Å². The van der Waals surface area contributed by atoms with Crippen molar-refractivity contribution in [3.8, 4) is 0 Å². The summed E-state index contributed by atoms with van der Waals surface area (Å²) in [6, 6.07) is 8.76. The van der Waals surface area contributed by atoms with Crippen molar-refractivity contribution < 1.29 is 4.79 Å². The summed E-state index contributed by atoms with van der Waals surface area (Å²) in [6.45, 7) is 6.18. The van der Waals surface area contributed by atoms with Gasteiger partial charge in [-0.25, -0.2) is 0 Å². The first-order chi connectivity index (χ1) is 9.28. The fraction of sp³-hybridized carbons (Fsp3) is 0.471. The molecule has 2 nitrogen and oxygen atoms in total. The highest BCUT2D eigenvalue weighted by molar-refractivity contribution is 5.47. The molecule has 1 aromatic rings. The van der Waals surface area contributed by atoms with Gasteiger partial charge in [0, 0.05) is 13.1 Å². The van der Waals surface area contributed by atoms with E-state index in [0.717, 1.165) is 45.2 Å². The molecule has 2 aliphatic rings. The minimum Gasteiger partial charge on any atom is -0.345 e. The monoisotopic (exact) mass is 255 g/mol. The number of likely N-dealkylation sites (tertiary alicyclic amines) is 1. The largest absolute Gasteiger partial charge is 0.345 e. The van der Waals surface area contributed by atoms with Crippen molar-refractivity contribution in [3.05, 3.63) is 47.5 Å². The molecule has 19 heavy (non-hydrogen) atoms. The van der Waals surface area contributed by atoms with E-state index in [0.29, 0.717) is 11.8 Å². The summed E-state index contributed by atoms with van der Waals surface area (Å²) in [5.41, 5.74) is 4.42. The number of rotatable bonds is 3. The van der Waals surface area contributed by atoms with Crippen LogP contribution in [0.5, 0.6) is 0 Å². The maximum atomic E-state index is 10.7. The van der Waals surface area contributed by atoms with E-state index < -0.39 is 0 Å². The van der Waals surface area contributed by atoms with Crippen LogP contribution < -0.4 is 0 Å². The number of amides is 1. The third-order valence-electron chi connectivity index (χ3n) is 4.78. The Morgan fingerprint density at radius 1 is 1.11 bits per heavy atom. The third-order valence-corrected chi connectivity index (χ3v) is 4.78. The Labute approximate surface area is 115 Å². The molecule has 1 saturated heterocycles. The van der Waals surface area contributed by atoms with Crippen molar-refractivity contribution in [1.29, 1.82) is 0 Å². The topological polar surface area (TPSA) is 20.3 Å². The van der Waals surface area contributed by atoms with Gasteiger partial charge in [-0.05, 0) is 48.6 Å². The molecule has 1 aliphatic heterocycles. The summed E-state index contributed by atoms with van der Waals surface area (Å²) in [4.78, 5) is 12.6. The highest BCUT2D eigenvalue weighted by atomic mass is 16.1. The molecule has 0 unspecified atom stereocenters. The minimum absolute atomic E-state index is 0.607. The number of allylic oxidation sites excluding steroid dienone is 1. The summed E-state index contributed by atoms with van der Waals surface area (Å²) < 4.78 is 0. The van der Waals surface area contributed by atoms with Crippen molar-refractivity contribution in [2.45, 2.75) is 25.7 Å². The summed E-state index contributed by atoms with van der Waals surface area (Å²) in [5, 5.41) is 0. The van der Waals surface area contributed by atoms with E-state index in [1.165, 1.54) is 16.7 Å². The van der Waals surface area contributed by atoms with Gasteiger partial charge in [0.25, 0.3) is 0 Å². The quantitative estimate of drug-likeness (QED) is 0.601. The SMILES string of the molecule is C=C(C1CCN(C=O)CC1)C1Cc2ccccc2C1. The summed E-state index contributed by atoms with van der Waals surface area (Å²) in [6.07, 6.45) is 5.46. The normalized spacial score (nSPS) is 20.3. The van der Waals surface area contributed by atoms with Gasteiger partial charge in [0.05, 0.1) is 0 Å². The molecule has 100 valence electrons. The molecule has 2 heteroatoms. The van der Waals surface area contributed by atoms with Crippen molar-refractivity contribution in [2.24, 2.45) is 11.8 Å². The Morgan fingerprint density at radius 2 is 1.68 bits per heavy atom. The zero-order valence-electron chi connectivity index (χ0n) is 11.3. The second kappa shape index (κ2) is 5.20. The molecular weight excluding hydrogens is 234 g/mol. The lowest BCUT2D eigenvalue weighted by Crippen LogP contribution is -2.34. The number of carbonyl (C=O) groups excluding carboxylic acids is 1. The van der Waals surface area contributed by atoms with Crippen molar-refractivity contribution in [2.75, 3.05) is 13.1 Å². The van der Waals surface area contributed by atoms with Crippen LogP contribution in [0.15, 0.2) is 36.4 Å². The van der Waals surface area contributed by atoms with Gasteiger partial charge >= 0.3 is 0 Å². The highest BCUT2D eigenvalue weighted by Gasteiger charge is 2.29. The smallest absolute Gasteiger partial charge is 0.209 e. The van der Waals surface area contributed by atoms with Crippen LogP contribution >= 0.6 is 0 Å². The molecule has 0 N–H and O–H groups in total. The third kappa shape index (κ3) is 2.44. The fourth-order valence-corrected chi connectivity index (χ4v) is 3.53. The zero-order chi connectivity index (χ0) is 13.2. The van der Waals surface area contributed by atoms with Gasteiger partial charge in [-0.2, -0.15) is 0 Å². The average molecular weight is 255 g/mol. The van der Waals surface area contributed by atoms with Gasteiger partial charge in [0.15, 0.2) is 0 Å². The molecule has 0 aromatic heterocycles. The Balaban J connectivity index is 1.62.